The zero-order valence-corrected chi connectivity index (χ0v) is 14.8. The summed E-state index contributed by atoms with van der Waals surface area (Å²) in [4.78, 5) is 16.8. The summed E-state index contributed by atoms with van der Waals surface area (Å²) in [6.07, 6.45) is 1.01. The van der Waals surface area contributed by atoms with Crippen molar-refractivity contribution in [1.82, 2.24) is 14.9 Å². The van der Waals surface area contributed by atoms with Crippen LogP contribution in [0.15, 0.2) is 18.2 Å². The Labute approximate surface area is 148 Å². The van der Waals surface area contributed by atoms with Crippen LogP contribution >= 0.6 is 0 Å². The largest absolute Gasteiger partial charge is 0.486 e. The van der Waals surface area contributed by atoms with E-state index in [-0.39, 0.29) is 6.03 Å². The summed E-state index contributed by atoms with van der Waals surface area (Å²) in [7, 11) is 0. The van der Waals surface area contributed by atoms with Crippen molar-refractivity contribution in [3.63, 3.8) is 0 Å². The molecule has 0 saturated carbocycles. The second-order valence-corrected chi connectivity index (χ2v) is 6.63. The lowest BCUT2D eigenvalue weighted by atomic mass is 10.2. The number of piperazine rings is 1. The van der Waals surface area contributed by atoms with Crippen LogP contribution in [0.3, 0.4) is 0 Å². The van der Waals surface area contributed by atoms with Gasteiger partial charge in [-0.1, -0.05) is 13.0 Å². The number of anilines is 1. The summed E-state index contributed by atoms with van der Waals surface area (Å²) in [6.45, 7) is 9.24. The number of ether oxygens (including phenoxy) is 2. The molecule has 2 saturated heterocycles. The Morgan fingerprint density at radius 2 is 1.80 bits per heavy atom. The smallest absolute Gasteiger partial charge is 0.334 e. The van der Waals surface area contributed by atoms with Gasteiger partial charge in [0.25, 0.3) is 0 Å². The molecule has 25 heavy (non-hydrogen) atoms. The molecule has 0 aromatic heterocycles. The normalized spacial score (nSPS) is 21.2. The first kappa shape index (κ1) is 16.3. The number of urea groups is 1. The SMILES string of the molecule is CCCN1CCN(N2CCN(c3cccc4c3OCCO4)CC2)C1=O. The van der Waals surface area contributed by atoms with Crippen LogP contribution in [0.1, 0.15) is 13.3 Å². The van der Waals surface area contributed by atoms with Crippen LogP contribution in [-0.4, -0.2) is 80.0 Å². The molecule has 2 fully saturated rings. The molecular weight excluding hydrogens is 320 g/mol. The third-order valence-electron chi connectivity index (χ3n) is 5.05. The van der Waals surface area contributed by atoms with E-state index in [1.54, 1.807) is 0 Å². The lowest BCUT2D eigenvalue weighted by Gasteiger charge is -2.40. The molecular formula is C18H26N4O3. The Morgan fingerprint density at radius 3 is 2.60 bits per heavy atom. The number of fused-ring (bicyclic) bond motifs is 1. The highest BCUT2D eigenvalue weighted by atomic mass is 16.6. The molecule has 0 N–H and O–H groups in total. The van der Waals surface area contributed by atoms with Crippen LogP contribution in [0.25, 0.3) is 0 Å². The van der Waals surface area contributed by atoms with Crippen molar-refractivity contribution in [2.45, 2.75) is 13.3 Å². The topological polar surface area (TPSA) is 48.5 Å². The van der Waals surface area contributed by atoms with E-state index in [0.29, 0.717) is 13.2 Å². The van der Waals surface area contributed by atoms with Gasteiger partial charge in [-0.15, -0.1) is 0 Å². The maximum atomic E-state index is 12.5. The fourth-order valence-corrected chi connectivity index (χ4v) is 3.80. The second kappa shape index (κ2) is 7.00. The van der Waals surface area contributed by atoms with Gasteiger partial charge in [-0.25, -0.2) is 9.80 Å². The highest BCUT2D eigenvalue weighted by molar-refractivity contribution is 5.76. The Morgan fingerprint density at radius 1 is 1.00 bits per heavy atom. The van der Waals surface area contributed by atoms with Crippen molar-refractivity contribution < 1.29 is 14.3 Å². The number of hydrazine groups is 1. The summed E-state index contributed by atoms with van der Waals surface area (Å²) in [5, 5.41) is 4.12. The van der Waals surface area contributed by atoms with Crippen LogP contribution in [0, 0.1) is 0 Å². The molecule has 7 nitrogen and oxygen atoms in total. The standard InChI is InChI=1S/C18H26N4O3/c1-2-6-20-9-12-22(18(20)23)21-10-7-19(8-11-21)15-4-3-5-16-17(15)25-14-13-24-16/h3-5H,2,6-14H2,1H3. The Hall–Kier alpha value is -2.15. The number of nitrogens with zero attached hydrogens (tertiary/aromatic N) is 4. The van der Waals surface area contributed by atoms with E-state index in [1.165, 1.54) is 0 Å². The van der Waals surface area contributed by atoms with E-state index in [9.17, 15) is 4.79 Å². The molecule has 0 aliphatic carbocycles. The van der Waals surface area contributed by atoms with Crippen molar-refractivity contribution in [2.24, 2.45) is 0 Å². The van der Waals surface area contributed by atoms with E-state index in [4.69, 9.17) is 9.47 Å². The van der Waals surface area contributed by atoms with Crippen molar-refractivity contribution in [3.8, 4) is 11.5 Å². The molecule has 2 amide bonds. The van der Waals surface area contributed by atoms with Crippen molar-refractivity contribution in [3.05, 3.63) is 18.2 Å². The van der Waals surface area contributed by atoms with Gasteiger partial charge in [0.05, 0.1) is 12.2 Å². The number of para-hydroxylation sites is 1. The average Bonchev–Trinajstić information content (AvgIpc) is 3.02. The highest BCUT2D eigenvalue weighted by Crippen LogP contribution is 2.39. The van der Waals surface area contributed by atoms with Gasteiger partial charge < -0.3 is 19.3 Å². The van der Waals surface area contributed by atoms with E-state index in [0.717, 1.165) is 69.4 Å². The minimum Gasteiger partial charge on any atom is -0.486 e. The Kier molecular flexibility index (Phi) is 4.57. The first-order valence-electron chi connectivity index (χ1n) is 9.23. The number of rotatable bonds is 4. The molecule has 0 unspecified atom stereocenters. The first-order valence-corrected chi connectivity index (χ1v) is 9.23. The molecule has 3 heterocycles. The fourth-order valence-electron chi connectivity index (χ4n) is 3.80. The number of benzene rings is 1. The molecule has 1 aromatic rings. The number of hydrogen-bond donors (Lipinski definition) is 0. The molecule has 0 atom stereocenters. The summed E-state index contributed by atoms with van der Waals surface area (Å²) < 4.78 is 11.5. The number of carbonyl (C=O) groups excluding carboxylic acids is 1. The predicted octanol–water partition coefficient (Wildman–Crippen LogP) is 1.64. The van der Waals surface area contributed by atoms with Crippen molar-refractivity contribution >= 4 is 11.7 Å². The summed E-state index contributed by atoms with van der Waals surface area (Å²) >= 11 is 0. The zero-order chi connectivity index (χ0) is 17.2. The Balaban J connectivity index is 1.40. The maximum Gasteiger partial charge on any atom is 0.334 e. The summed E-state index contributed by atoms with van der Waals surface area (Å²) in [5.74, 6) is 1.68. The monoisotopic (exact) mass is 346 g/mol. The summed E-state index contributed by atoms with van der Waals surface area (Å²) in [6, 6.07) is 6.22. The number of amides is 2. The van der Waals surface area contributed by atoms with Gasteiger partial charge in [0.2, 0.25) is 0 Å². The van der Waals surface area contributed by atoms with E-state index in [2.05, 4.69) is 22.9 Å². The summed E-state index contributed by atoms with van der Waals surface area (Å²) in [5.41, 5.74) is 1.09. The molecule has 0 bridgehead atoms. The van der Waals surface area contributed by atoms with E-state index < -0.39 is 0 Å². The third-order valence-corrected chi connectivity index (χ3v) is 5.05. The van der Waals surface area contributed by atoms with Crippen LogP contribution in [0.2, 0.25) is 0 Å². The van der Waals surface area contributed by atoms with E-state index in [1.807, 2.05) is 22.0 Å². The van der Waals surface area contributed by atoms with Gasteiger partial charge >= 0.3 is 6.03 Å². The molecule has 0 spiro atoms. The quantitative estimate of drug-likeness (QED) is 0.830. The molecule has 1 aromatic carbocycles. The Bertz CT molecular complexity index is 631. The van der Waals surface area contributed by atoms with Gasteiger partial charge in [0.1, 0.15) is 13.2 Å². The molecule has 3 aliphatic rings. The van der Waals surface area contributed by atoms with Crippen LogP contribution in [-0.2, 0) is 0 Å². The van der Waals surface area contributed by atoms with Crippen LogP contribution < -0.4 is 14.4 Å². The first-order chi connectivity index (χ1) is 12.3. The third kappa shape index (κ3) is 3.08. The van der Waals surface area contributed by atoms with Gasteiger partial charge in [0, 0.05) is 39.3 Å². The van der Waals surface area contributed by atoms with Gasteiger partial charge in [-0.3, -0.25) is 5.01 Å². The molecule has 0 radical (unpaired) electrons. The van der Waals surface area contributed by atoms with Crippen molar-refractivity contribution in [1.29, 1.82) is 0 Å². The lowest BCUT2D eigenvalue weighted by molar-refractivity contribution is 0.0236. The minimum atomic E-state index is 0.157. The fraction of sp³-hybridized carbons (Fsp3) is 0.611. The molecule has 7 heteroatoms. The van der Waals surface area contributed by atoms with Gasteiger partial charge in [0.15, 0.2) is 11.5 Å². The highest BCUT2D eigenvalue weighted by Gasteiger charge is 2.34. The van der Waals surface area contributed by atoms with Gasteiger partial charge in [-0.2, -0.15) is 0 Å². The molecule has 136 valence electrons. The van der Waals surface area contributed by atoms with E-state index >= 15 is 0 Å². The zero-order valence-electron chi connectivity index (χ0n) is 14.8. The number of hydrogen-bond acceptors (Lipinski definition) is 5. The average molecular weight is 346 g/mol. The molecule has 3 aliphatic heterocycles. The van der Waals surface area contributed by atoms with Crippen LogP contribution in [0.4, 0.5) is 10.5 Å². The lowest BCUT2D eigenvalue weighted by Crippen LogP contribution is -2.55. The maximum absolute atomic E-state index is 12.5. The molecule has 4 rings (SSSR count). The van der Waals surface area contributed by atoms with Crippen molar-refractivity contribution in [2.75, 3.05) is 63.9 Å². The minimum absolute atomic E-state index is 0.157. The van der Waals surface area contributed by atoms with Crippen LogP contribution in [0.5, 0.6) is 11.5 Å². The second-order valence-electron chi connectivity index (χ2n) is 6.63. The van der Waals surface area contributed by atoms with Gasteiger partial charge in [-0.05, 0) is 18.6 Å². The predicted molar refractivity (Wildman–Crippen MR) is 95.2 cm³/mol. The number of carbonyl (C=O) groups is 1.